The standard InChI is InChI=1S/C25H31BrCl2N2O3/c1-6-21(24(32)29-7-2)30(14-16-8-10-19(27)20(28)12-16)23(31)15-33-22-11-9-17(13-18(22)26)25(3,4)5/h8-13,21H,6-7,14-15H2,1-5H3,(H,29,32). The second-order valence-electron chi connectivity index (χ2n) is 8.77. The van der Waals surface area contributed by atoms with Crippen LogP contribution in [0.4, 0.5) is 0 Å². The van der Waals surface area contributed by atoms with Gasteiger partial charge in [0, 0.05) is 13.1 Å². The van der Waals surface area contributed by atoms with Gasteiger partial charge in [0.1, 0.15) is 11.8 Å². The van der Waals surface area contributed by atoms with E-state index in [1.165, 1.54) is 4.90 Å². The van der Waals surface area contributed by atoms with Gasteiger partial charge in [-0.15, -0.1) is 0 Å². The molecule has 0 spiro atoms. The van der Waals surface area contributed by atoms with Gasteiger partial charge in [-0.1, -0.05) is 63.0 Å². The van der Waals surface area contributed by atoms with Crippen molar-refractivity contribution in [2.24, 2.45) is 0 Å². The van der Waals surface area contributed by atoms with Crippen LogP contribution in [-0.2, 0) is 21.5 Å². The molecule has 1 atom stereocenters. The fourth-order valence-electron chi connectivity index (χ4n) is 3.35. The van der Waals surface area contributed by atoms with Crippen LogP contribution in [0.25, 0.3) is 0 Å². The van der Waals surface area contributed by atoms with Crippen LogP contribution in [0.5, 0.6) is 5.75 Å². The molecule has 2 aromatic carbocycles. The van der Waals surface area contributed by atoms with Crippen molar-refractivity contribution >= 4 is 50.9 Å². The summed E-state index contributed by atoms with van der Waals surface area (Å²) < 4.78 is 6.62. The summed E-state index contributed by atoms with van der Waals surface area (Å²) in [5.74, 6) is 0.0620. The van der Waals surface area contributed by atoms with Crippen molar-refractivity contribution in [3.8, 4) is 5.75 Å². The van der Waals surface area contributed by atoms with Gasteiger partial charge in [-0.2, -0.15) is 0 Å². The van der Waals surface area contributed by atoms with Crippen LogP contribution < -0.4 is 10.1 Å². The third-order valence-corrected chi connectivity index (χ3v) is 6.58. The molecule has 33 heavy (non-hydrogen) atoms. The van der Waals surface area contributed by atoms with E-state index in [0.717, 1.165) is 15.6 Å². The van der Waals surface area contributed by atoms with Crippen LogP contribution in [-0.4, -0.2) is 35.9 Å². The highest BCUT2D eigenvalue weighted by molar-refractivity contribution is 9.10. The van der Waals surface area contributed by atoms with E-state index >= 15 is 0 Å². The molecule has 2 rings (SSSR count). The number of amides is 2. The first-order valence-electron chi connectivity index (χ1n) is 10.9. The Hall–Kier alpha value is -1.76. The molecule has 2 aromatic rings. The molecular weight excluding hydrogens is 527 g/mol. The maximum absolute atomic E-state index is 13.3. The number of nitrogens with one attached hydrogen (secondary N) is 1. The average Bonchev–Trinajstić information content (AvgIpc) is 2.74. The SMILES string of the molecule is CCNC(=O)C(CC)N(Cc1ccc(Cl)c(Cl)c1)C(=O)COc1ccc(C(C)(C)C)cc1Br. The predicted octanol–water partition coefficient (Wildman–Crippen LogP) is 6.38. The molecule has 0 aliphatic carbocycles. The molecule has 0 saturated carbocycles. The topological polar surface area (TPSA) is 58.6 Å². The largest absolute Gasteiger partial charge is 0.483 e. The number of rotatable bonds is 9. The third-order valence-electron chi connectivity index (χ3n) is 5.22. The van der Waals surface area contributed by atoms with Gasteiger partial charge in [0.05, 0.1) is 14.5 Å². The summed E-state index contributed by atoms with van der Waals surface area (Å²) in [4.78, 5) is 27.5. The van der Waals surface area contributed by atoms with E-state index in [-0.39, 0.29) is 30.4 Å². The molecule has 2 amide bonds. The van der Waals surface area contributed by atoms with Crippen molar-refractivity contribution in [2.45, 2.75) is 59.0 Å². The van der Waals surface area contributed by atoms with E-state index in [2.05, 4.69) is 42.0 Å². The Balaban J connectivity index is 2.25. The van der Waals surface area contributed by atoms with E-state index < -0.39 is 6.04 Å². The summed E-state index contributed by atoms with van der Waals surface area (Å²) >= 11 is 15.7. The van der Waals surface area contributed by atoms with Gasteiger partial charge in [-0.05, 0) is 70.1 Å². The van der Waals surface area contributed by atoms with Gasteiger partial charge in [0.25, 0.3) is 5.91 Å². The first-order valence-corrected chi connectivity index (χ1v) is 12.5. The molecular formula is C25H31BrCl2N2O3. The van der Waals surface area contributed by atoms with Crippen LogP contribution in [0.15, 0.2) is 40.9 Å². The van der Waals surface area contributed by atoms with Crippen LogP contribution >= 0.6 is 39.1 Å². The maximum atomic E-state index is 13.3. The maximum Gasteiger partial charge on any atom is 0.261 e. The van der Waals surface area contributed by atoms with E-state index in [1.807, 2.05) is 32.0 Å². The lowest BCUT2D eigenvalue weighted by molar-refractivity contribution is -0.142. The second-order valence-corrected chi connectivity index (χ2v) is 10.4. The zero-order valence-corrected chi connectivity index (χ0v) is 22.8. The first kappa shape index (κ1) is 27.5. The zero-order valence-electron chi connectivity index (χ0n) is 19.7. The smallest absolute Gasteiger partial charge is 0.261 e. The minimum Gasteiger partial charge on any atom is -0.483 e. The fourth-order valence-corrected chi connectivity index (χ4v) is 4.17. The molecule has 0 bridgehead atoms. The molecule has 1 N–H and O–H groups in total. The number of likely N-dealkylation sites (N-methyl/N-ethyl adjacent to an activating group) is 1. The van der Waals surface area contributed by atoms with Gasteiger partial charge < -0.3 is 15.0 Å². The highest BCUT2D eigenvalue weighted by Gasteiger charge is 2.29. The summed E-state index contributed by atoms with van der Waals surface area (Å²) in [5, 5.41) is 3.64. The number of carbonyl (C=O) groups is 2. The lowest BCUT2D eigenvalue weighted by Gasteiger charge is -2.30. The summed E-state index contributed by atoms with van der Waals surface area (Å²) in [6, 6.07) is 10.4. The Kier molecular flexibility index (Phi) is 10.1. The monoisotopic (exact) mass is 556 g/mol. The van der Waals surface area contributed by atoms with E-state index in [1.54, 1.807) is 18.2 Å². The highest BCUT2D eigenvalue weighted by atomic mass is 79.9. The van der Waals surface area contributed by atoms with Crippen molar-refractivity contribution in [2.75, 3.05) is 13.2 Å². The van der Waals surface area contributed by atoms with Crippen molar-refractivity contribution in [1.82, 2.24) is 10.2 Å². The van der Waals surface area contributed by atoms with Crippen LogP contribution in [0, 0.1) is 0 Å². The molecule has 8 heteroatoms. The average molecular weight is 558 g/mol. The number of hydrogen-bond donors (Lipinski definition) is 1. The summed E-state index contributed by atoms with van der Waals surface area (Å²) in [6.45, 7) is 10.6. The minimum atomic E-state index is -0.637. The molecule has 0 heterocycles. The van der Waals surface area contributed by atoms with Gasteiger partial charge in [0.15, 0.2) is 6.61 Å². The Morgan fingerprint density at radius 1 is 1.09 bits per heavy atom. The van der Waals surface area contributed by atoms with Crippen LogP contribution in [0.2, 0.25) is 10.0 Å². The number of nitrogens with zero attached hydrogens (tertiary/aromatic N) is 1. The summed E-state index contributed by atoms with van der Waals surface area (Å²) in [5.41, 5.74) is 1.92. The molecule has 0 radical (unpaired) electrons. The number of benzene rings is 2. The van der Waals surface area contributed by atoms with E-state index in [9.17, 15) is 9.59 Å². The summed E-state index contributed by atoms with van der Waals surface area (Å²) in [7, 11) is 0. The molecule has 0 saturated heterocycles. The van der Waals surface area contributed by atoms with E-state index in [4.69, 9.17) is 27.9 Å². The molecule has 0 aliphatic heterocycles. The van der Waals surface area contributed by atoms with Gasteiger partial charge >= 0.3 is 0 Å². The van der Waals surface area contributed by atoms with Crippen molar-refractivity contribution in [1.29, 1.82) is 0 Å². The lowest BCUT2D eigenvalue weighted by Crippen LogP contribution is -2.50. The predicted molar refractivity (Wildman–Crippen MR) is 138 cm³/mol. The Morgan fingerprint density at radius 2 is 1.79 bits per heavy atom. The van der Waals surface area contributed by atoms with Gasteiger partial charge in [-0.3, -0.25) is 9.59 Å². The Morgan fingerprint density at radius 3 is 2.33 bits per heavy atom. The molecule has 1 unspecified atom stereocenters. The molecule has 0 aromatic heterocycles. The van der Waals surface area contributed by atoms with Crippen molar-refractivity contribution in [3.63, 3.8) is 0 Å². The van der Waals surface area contributed by atoms with Crippen molar-refractivity contribution < 1.29 is 14.3 Å². The Labute approximate surface area is 214 Å². The Bertz CT molecular complexity index is 992. The van der Waals surface area contributed by atoms with Gasteiger partial charge in [-0.25, -0.2) is 0 Å². The number of carbonyl (C=O) groups excluding carboxylic acids is 2. The second kappa shape index (κ2) is 12.1. The molecule has 180 valence electrons. The number of hydrogen-bond acceptors (Lipinski definition) is 3. The quantitative estimate of drug-likeness (QED) is 0.389. The van der Waals surface area contributed by atoms with E-state index in [0.29, 0.717) is 28.8 Å². The molecule has 0 aliphatic rings. The van der Waals surface area contributed by atoms with Crippen LogP contribution in [0.3, 0.4) is 0 Å². The molecule has 0 fully saturated rings. The first-order chi connectivity index (χ1) is 15.5. The normalized spacial score (nSPS) is 12.2. The van der Waals surface area contributed by atoms with Gasteiger partial charge in [0.2, 0.25) is 5.91 Å². The number of ether oxygens (including phenoxy) is 1. The minimum absolute atomic E-state index is 0.00545. The number of halogens is 3. The highest BCUT2D eigenvalue weighted by Crippen LogP contribution is 2.31. The van der Waals surface area contributed by atoms with Crippen LogP contribution in [0.1, 0.15) is 52.2 Å². The summed E-state index contributed by atoms with van der Waals surface area (Å²) in [6.07, 6.45) is 0.461. The third kappa shape index (κ3) is 7.62. The molecule has 5 nitrogen and oxygen atoms in total. The zero-order chi connectivity index (χ0) is 24.8. The lowest BCUT2D eigenvalue weighted by atomic mass is 9.87. The fraction of sp³-hybridized carbons (Fsp3) is 0.440. The van der Waals surface area contributed by atoms with Crippen molar-refractivity contribution in [3.05, 3.63) is 62.0 Å².